The molecular weight excluding hydrogens is 260 g/mol. The van der Waals surface area contributed by atoms with Crippen LogP contribution in [0.5, 0.6) is 0 Å². The molecule has 1 aliphatic heterocycles. The number of esters is 1. The molecular formula is C14H12N2O4. The number of nitrogens with zero attached hydrogens (tertiary/aromatic N) is 2. The highest BCUT2D eigenvalue weighted by molar-refractivity contribution is 6.21. The molecule has 2 rings (SSSR count). The maximum Gasteiger partial charge on any atom is 0.306 e. The van der Waals surface area contributed by atoms with Gasteiger partial charge in [-0.3, -0.25) is 19.3 Å². The third-order valence-corrected chi connectivity index (χ3v) is 2.94. The van der Waals surface area contributed by atoms with Gasteiger partial charge < -0.3 is 4.74 Å². The van der Waals surface area contributed by atoms with Crippen LogP contribution in [0, 0.1) is 11.3 Å². The van der Waals surface area contributed by atoms with E-state index >= 15 is 0 Å². The largest absolute Gasteiger partial charge is 0.450 e. The zero-order chi connectivity index (χ0) is 14.5. The highest BCUT2D eigenvalue weighted by Gasteiger charge is 2.34. The van der Waals surface area contributed by atoms with E-state index in [0.29, 0.717) is 17.5 Å². The molecule has 6 heteroatoms. The normalized spacial score (nSPS) is 13.1. The average Bonchev–Trinajstić information content (AvgIpc) is 2.70. The Labute approximate surface area is 115 Å². The van der Waals surface area contributed by atoms with Crippen molar-refractivity contribution in [2.24, 2.45) is 0 Å². The Hall–Kier alpha value is -2.68. The van der Waals surface area contributed by atoms with E-state index in [2.05, 4.69) is 4.74 Å². The molecule has 6 nitrogen and oxygen atoms in total. The highest BCUT2D eigenvalue weighted by atomic mass is 16.5. The molecule has 102 valence electrons. The summed E-state index contributed by atoms with van der Waals surface area (Å²) in [5, 5.41) is 8.26. The fraction of sp³-hybridized carbons (Fsp3) is 0.286. The van der Waals surface area contributed by atoms with Gasteiger partial charge in [-0.05, 0) is 18.6 Å². The summed E-state index contributed by atoms with van der Waals surface area (Å²) in [5.74, 6) is -1.19. The third kappa shape index (κ3) is 2.67. The summed E-state index contributed by atoms with van der Waals surface area (Å²) < 4.78 is 4.58. The summed E-state index contributed by atoms with van der Waals surface area (Å²) in [5.41, 5.74) is 0.786. The van der Waals surface area contributed by atoms with Gasteiger partial charge in [-0.1, -0.05) is 12.1 Å². The Bertz CT molecular complexity index is 568. The minimum absolute atomic E-state index is 0.0646. The zero-order valence-electron chi connectivity index (χ0n) is 10.7. The number of hydrogen-bond acceptors (Lipinski definition) is 5. The SMILES string of the molecule is N#CCOC(=O)CCCN1C(=O)c2ccccc2C1=O. The van der Waals surface area contributed by atoms with Gasteiger partial charge in [0.2, 0.25) is 0 Å². The first-order valence-electron chi connectivity index (χ1n) is 6.13. The Balaban J connectivity index is 1.90. The molecule has 0 unspecified atom stereocenters. The molecule has 1 aromatic carbocycles. The van der Waals surface area contributed by atoms with Crippen LogP contribution >= 0.6 is 0 Å². The van der Waals surface area contributed by atoms with Gasteiger partial charge in [0.25, 0.3) is 11.8 Å². The molecule has 0 aliphatic carbocycles. The first-order chi connectivity index (χ1) is 9.65. The molecule has 1 aromatic rings. The number of fused-ring (bicyclic) bond motifs is 1. The molecule has 0 bridgehead atoms. The number of nitriles is 1. The standard InChI is InChI=1S/C14H12N2O4/c15-7-9-20-12(17)6-3-8-16-13(18)10-4-1-2-5-11(10)14(16)19/h1-2,4-5H,3,6,8-9H2. The van der Waals surface area contributed by atoms with Crippen LogP contribution in [0.25, 0.3) is 0 Å². The Kier molecular flexibility index (Phi) is 4.11. The van der Waals surface area contributed by atoms with Gasteiger partial charge in [-0.25, -0.2) is 0 Å². The van der Waals surface area contributed by atoms with Crippen LogP contribution < -0.4 is 0 Å². The lowest BCUT2D eigenvalue weighted by molar-refractivity contribution is -0.142. The Morgan fingerprint density at radius 1 is 1.20 bits per heavy atom. The molecule has 0 atom stereocenters. The minimum Gasteiger partial charge on any atom is -0.450 e. The van der Waals surface area contributed by atoms with Crippen molar-refractivity contribution in [1.82, 2.24) is 4.90 Å². The minimum atomic E-state index is -0.511. The van der Waals surface area contributed by atoms with E-state index in [0.717, 1.165) is 4.90 Å². The number of hydrogen-bond donors (Lipinski definition) is 0. The van der Waals surface area contributed by atoms with Crippen LogP contribution in [0.15, 0.2) is 24.3 Å². The maximum absolute atomic E-state index is 12.0. The van der Waals surface area contributed by atoms with Crippen molar-refractivity contribution in [1.29, 1.82) is 5.26 Å². The zero-order valence-corrected chi connectivity index (χ0v) is 10.7. The Morgan fingerprint density at radius 2 is 1.80 bits per heavy atom. The molecule has 0 aromatic heterocycles. The molecule has 1 heterocycles. The molecule has 20 heavy (non-hydrogen) atoms. The predicted molar refractivity (Wildman–Crippen MR) is 67.6 cm³/mol. The van der Waals surface area contributed by atoms with Crippen molar-refractivity contribution in [2.45, 2.75) is 12.8 Å². The van der Waals surface area contributed by atoms with Crippen molar-refractivity contribution in [3.05, 3.63) is 35.4 Å². The lowest BCUT2D eigenvalue weighted by Gasteiger charge is -2.12. The average molecular weight is 272 g/mol. The van der Waals surface area contributed by atoms with Crippen molar-refractivity contribution >= 4 is 17.8 Å². The lowest BCUT2D eigenvalue weighted by Crippen LogP contribution is -2.31. The summed E-state index contributed by atoms with van der Waals surface area (Å²) >= 11 is 0. The number of rotatable bonds is 5. The van der Waals surface area contributed by atoms with Crippen LogP contribution in [0.1, 0.15) is 33.6 Å². The molecule has 2 amide bonds. The maximum atomic E-state index is 12.0. The topological polar surface area (TPSA) is 87.5 Å². The quantitative estimate of drug-likeness (QED) is 0.592. The predicted octanol–water partition coefficient (Wildman–Crippen LogP) is 1.13. The molecule has 1 aliphatic rings. The fourth-order valence-electron chi connectivity index (χ4n) is 2.01. The van der Waals surface area contributed by atoms with Crippen LogP contribution in [-0.2, 0) is 9.53 Å². The number of ether oxygens (including phenoxy) is 1. The van der Waals surface area contributed by atoms with Gasteiger partial charge >= 0.3 is 5.97 Å². The number of benzene rings is 1. The highest BCUT2D eigenvalue weighted by Crippen LogP contribution is 2.22. The second-order valence-electron chi connectivity index (χ2n) is 4.23. The van der Waals surface area contributed by atoms with Gasteiger partial charge in [0.1, 0.15) is 6.07 Å². The van der Waals surface area contributed by atoms with Crippen LogP contribution in [-0.4, -0.2) is 35.8 Å². The number of carbonyl (C=O) groups excluding carboxylic acids is 3. The smallest absolute Gasteiger partial charge is 0.306 e. The summed E-state index contributed by atoms with van der Waals surface area (Å²) in [6.45, 7) is -0.125. The van der Waals surface area contributed by atoms with E-state index in [9.17, 15) is 14.4 Å². The summed E-state index contributed by atoms with van der Waals surface area (Å²) in [4.78, 5) is 36.3. The van der Waals surface area contributed by atoms with E-state index in [4.69, 9.17) is 5.26 Å². The van der Waals surface area contributed by atoms with E-state index in [-0.39, 0.29) is 31.4 Å². The van der Waals surface area contributed by atoms with Crippen LogP contribution in [0.4, 0.5) is 0 Å². The van der Waals surface area contributed by atoms with Crippen molar-refractivity contribution in [3.63, 3.8) is 0 Å². The number of imide groups is 1. The third-order valence-electron chi connectivity index (χ3n) is 2.94. The molecule has 0 saturated carbocycles. The van der Waals surface area contributed by atoms with Crippen molar-refractivity contribution in [3.8, 4) is 6.07 Å². The molecule has 0 radical (unpaired) electrons. The van der Waals surface area contributed by atoms with Gasteiger partial charge in [-0.2, -0.15) is 5.26 Å². The molecule has 0 fully saturated rings. The van der Waals surface area contributed by atoms with Crippen LogP contribution in [0.2, 0.25) is 0 Å². The van der Waals surface area contributed by atoms with Crippen LogP contribution in [0.3, 0.4) is 0 Å². The van der Waals surface area contributed by atoms with E-state index in [1.165, 1.54) is 0 Å². The second-order valence-corrected chi connectivity index (χ2v) is 4.23. The first-order valence-corrected chi connectivity index (χ1v) is 6.13. The van der Waals surface area contributed by atoms with Crippen molar-refractivity contribution in [2.75, 3.05) is 13.2 Å². The molecule has 0 spiro atoms. The summed E-state index contributed by atoms with van der Waals surface area (Å²) in [6, 6.07) is 8.31. The monoisotopic (exact) mass is 272 g/mol. The van der Waals surface area contributed by atoms with E-state index in [1.54, 1.807) is 30.3 Å². The number of carbonyl (C=O) groups is 3. The lowest BCUT2D eigenvalue weighted by atomic mass is 10.1. The van der Waals surface area contributed by atoms with Gasteiger partial charge in [0, 0.05) is 13.0 Å². The first kappa shape index (κ1) is 13.7. The molecule has 0 N–H and O–H groups in total. The number of amides is 2. The molecule has 0 saturated heterocycles. The Morgan fingerprint density at radius 3 is 2.35 bits per heavy atom. The van der Waals surface area contributed by atoms with Gasteiger partial charge in [0.15, 0.2) is 6.61 Å². The van der Waals surface area contributed by atoms with E-state index in [1.807, 2.05) is 0 Å². The summed E-state index contributed by atoms with van der Waals surface area (Å²) in [6.07, 6.45) is 0.380. The summed E-state index contributed by atoms with van der Waals surface area (Å²) in [7, 11) is 0. The van der Waals surface area contributed by atoms with E-state index < -0.39 is 5.97 Å². The van der Waals surface area contributed by atoms with Crippen molar-refractivity contribution < 1.29 is 19.1 Å². The second kappa shape index (κ2) is 5.97. The van der Waals surface area contributed by atoms with Gasteiger partial charge in [0.05, 0.1) is 11.1 Å². The van der Waals surface area contributed by atoms with Gasteiger partial charge in [-0.15, -0.1) is 0 Å². The fourth-order valence-corrected chi connectivity index (χ4v) is 2.01.